The molecule has 0 aliphatic heterocycles. The summed E-state index contributed by atoms with van der Waals surface area (Å²) in [4.78, 5) is 8.96. The fourth-order valence-electron chi connectivity index (χ4n) is 2.76. The molecule has 0 saturated carbocycles. The number of aromatic nitrogens is 3. The minimum Gasteiger partial charge on any atom is -0.384 e. The third-order valence-electron chi connectivity index (χ3n) is 4.31. The minimum atomic E-state index is -0.999. The number of hydrogen-bond donors (Lipinski definition) is 3. The molecule has 0 saturated heterocycles. The van der Waals surface area contributed by atoms with E-state index in [1.54, 1.807) is 24.0 Å². The van der Waals surface area contributed by atoms with Gasteiger partial charge in [0.15, 0.2) is 11.8 Å². The zero-order valence-corrected chi connectivity index (χ0v) is 18.9. The van der Waals surface area contributed by atoms with Gasteiger partial charge in [-0.1, -0.05) is 30.3 Å². The number of rotatable bonds is 7. The molecule has 0 fully saturated rings. The quantitative estimate of drug-likeness (QED) is 0.261. The Labute approximate surface area is 188 Å². The number of pyridine rings is 1. The molecule has 1 unspecified atom stereocenters. The van der Waals surface area contributed by atoms with Gasteiger partial charge in [0.05, 0.1) is 13.1 Å². The van der Waals surface area contributed by atoms with Crippen molar-refractivity contribution in [2.24, 2.45) is 4.99 Å². The summed E-state index contributed by atoms with van der Waals surface area (Å²) >= 11 is 0. The summed E-state index contributed by atoms with van der Waals surface area (Å²) in [6, 6.07) is 15.4. The summed E-state index contributed by atoms with van der Waals surface area (Å²) < 4.78 is 1.72. The Morgan fingerprint density at radius 3 is 2.62 bits per heavy atom. The highest BCUT2D eigenvalue weighted by atomic mass is 127. The summed E-state index contributed by atoms with van der Waals surface area (Å²) in [7, 11) is 0. The Morgan fingerprint density at radius 1 is 1.14 bits per heavy atom. The molecule has 0 aliphatic rings. The maximum atomic E-state index is 10.8. The van der Waals surface area contributed by atoms with Crippen LogP contribution in [0.15, 0.2) is 72.1 Å². The van der Waals surface area contributed by atoms with E-state index in [1.807, 2.05) is 61.7 Å². The van der Waals surface area contributed by atoms with Crippen molar-refractivity contribution in [1.82, 2.24) is 25.4 Å². The lowest BCUT2D eigenvalue weighted by molar-refractivity contribution is 0.0617. The molecular weight excluding hydrogens is 479 g/mol. The zero-order valence-electron chi connectivity index (χ0n) is 16.6. The molecule has 3 aromatic rings. The predicted octanol–water partition coefficient (Wildman–Crippen LogP) is 2.85. The SMILES string of the molecule is CCNC(=NCc1ccnc(-n2cccn2)c1)NCC(C)(O)c1ccccc1.I. The molecule has 29 heavy (non-hydrogen) atoms. The third-order valence-corrected chi connectivity index (χ3v) is 4.31. The van der Waals surface area contributed by atoms with E-state index in [9.17, 15) is 5.11 Å². The lowest BCUT2D eigenvalue weighted by Gasteiger charge is -2.25. The van der Waals surface area contributed by atoms with Gasteiger partial charge in [-0.05, 0) is 43.2 Å². The second-order valence-corrected chi connectivity index (χ2v) is 6.66. The van der Waals surface area contributed by atoms with E-state index >= 15 is 0 Å². The van der Waals surface area contributed by atoms with Crippen LogP contribution in [0.4, 0.5) is 0 Å². The molecule has 1 aromatic carbocycles. The van der Waals surface area contributed by atoms with Crippen LogP contribution in [-0.2, 0) is 12.1 Å². The molecule has 8 heteroatoms. The monoisotopic (exact) mass is 506 g/mol. The molecule has 0 amide bonds. The van der Waals surface area contributed by atoms with Crippen molar-refractivity contribution in [3.05, 3.63) is 78.2 Å². The summed E-state index contributed by atoms with van der Waals surface area (Å²) in [6.07, 6.45) is 5.33. The van der Waals surface area contributed by atoms with Gasteiger partial charge in [0.1, 0.15) is 5.60 Å². The maximum Gasteiger partial charge on any atom is 0.191 e. The van der Waals surface area contributed by atoms with Gasteiger partial charge in [-0.3, -0.25) is 0 Å². The molecule has 2 aromatic heterocycles. The van der Waals surface area contributed by atoms with Crippen LogP contribution in [0.2, 0.25) is 0 Å². The van der Waals surface area contributed by atoms with Gasteiger partial charge in [-0.15, -0.1) is 24.0 Å². The van der Waals surface area contributed by atoms with E-state index < -0.39 is 5.60 Å². The number of halogens is 1. The second kappa shape index (κ2) is 10.9. The van der Waals surface area contributed by atoms with Crippen LogP contribution in [-0.4, -0.2) is 38.9 Å². The lowest BCUT2D eigenvalue weighted by atomic mass is 9.96. The van der Waals surface area contributed by atoms with Gasteiger partial charge in [0, 0.05) is 25.1 Å². The average molecular weight is 506 g/mol. The Hall–Kier alpha value is -2.46. The minimum absolute atomic E-state index is 0. The topological polar surface area (TPSA) is 87.4 Å². The standard InChI is InChI=1S/C21H26N6O.HI/c1-3-22-20(25-16-21(2,28)18-8-5-4-6-9-18)24-15-17-10-12-23-19(14-17)27-13-7-11-26-27;/h4-14,28H,3,15-16H2,1-2H3,(H2,22,24,25);1H. The Balaban J connectivity index is 0.00000300. The van der Waals surface area contributed by atoms with Gasteiger partial charge in [0.2, 0.25) is 0 Å². The van der Waals surface area contributed by atoms with Gasteiger partial charge >= 0.3 is 0 Å². The maximum absolute atomic E-state index is 10.8. The van der Waals surface area contributed by atoms with Crippen molar-refractivity contribution in [2.45, 2.75) is 26.0 Å². The fourth-order valence-corrected chi connectivity index (χ4v) is 2.76. The summed E-state index contributed by atoms with van der Waals surface area (Å²) in [6.45, 7) is 5.36. The number of benzene rings is 1. The first kappa shape index (κ1) is 22.8. The zero-order chi connectivity index (χ0) is 19.8. The van der Waals surface area contributed by atoms with Gasteiger partial charge in [0.25, 0.3) is 0 Å². The first-order valence-electron chi connectivity index (χ1n) is 9.33. The van der Waals surface area contributed by atoms with Gasteiger partial charge in [-0.25, -0.2) is 14.7 Å². The van der Waals surface area contributed by atoms with Crippen LogP contribution in [0.25, 0.3) is 5.82 Å². The van der Waals surface area contributed by atoms with Crippen LogP contribution in [0.1, 0.15) is 25.0 Å². The molecule has 1 atom stereocenters. The number of aliphatic imine (C=N–C) groups is 1. The lowest BCUT2D eigenvalue weighted by Crippen LogP contribution is -2.44. The number of hydrogen-bond acceptors (Lipinski definition) is 4. The second-order valence-electron chi connectivity index (χ2n) is 6.66. The number of nitrogens with one attached hydrogen (secondary N) is 2. The Morgan fingerprint density at radius 2 is 1.93 bits per heavy atom. The Bertz CT molecular complexity index is 897. The summed E-state index contributed by atoms with van der Waals surface area (Å²) in [5.74, 6) is 1.40. The van der Waals surface area contributed by atoms with E-state index in [4.69, 9.17) is 0 Å². The fraction of sp³-hybridized carbons (Fsp3) is 0.286. The molecule has 0 spiro atoms. The molecule has 7 nitrogen and oxygen atoms in total. The van der Waals surface area contributed by atoms with Crippen molar-refractivity contribution >= 4 is 29.9 Å². The molecule has 3 rings (SSSR count). The normalized spacial score (nSPS) is 13.3. The van der Waals surface area contributed by atoms with Crippen molar-refractivity contribution < 1.29 is 5.11 Å². The molecule has 0 aliphatic carbocycles. The molecule has 0 bridgehead atoms. The summed E-state index contributed by atoms with van der Waals surface area (Å²) in [5, 5.41) is 21.4. The van der Waals surface area contributed by atoms with Crippen molar-refractivity contribution in [2.75, 3.05) is 13.1 Å². The largest absolute Gasteiger partial charge is 0.384 e. The molecule has 154 valence electrons. The number of nitrogens with zero attached hydrogens (tertiary/aromatic N) is 4. The highest BCUT2D eigenvalue weighted by Crippen LogP contribution is 2.18. The van der Waals surface area contributed by atoms with E-state index in [1.165, 1.54) is 0 Å². The first-order chi connectivity index (χ1) is 13.6. The Kier molecular flexibility index (Phi) is 8.59. The molecule has 2 heterocycles. The van der Waals surface area contributed by atoms with Crippen LogP contribution < -0.4 is 10.6 Å². The van der Waals surface area contributed by atoms with E-state index in [-0.39, 0.29) is 24.0 Å². The smallest absolute Gasteiger partial charge is 0.191 e. The predicted molar refractivity (Wildman–Crippen MR) is 126 cm³/mol. The van der Waals surface area contributed by atoms with Crippen molar-refractivity contribution in [3.8, 4) is 5.82 Å². The van der Waals surface area contributed by atoms with Crippen LogP contribution in [0.5, 0.6) is 0 Å². The highest BCUT2D eigenvalue weighted by Gasteiger charge is 2.22. The number of aliphatic hydroxyl groups is 1. The summed E-state index contributed by atoms with van der Waals surface area (Å²) in [5.41, 5.74) is 0.880. The first-order valence-corrected chi connectivity index (χ1v) is 9.33. The molecule has 3 N–H and O–H groups in total. The van der Waals surface area contributed by atoms with Crippen LogP contribution in [0.3, 0.4) is 0 Å². The van der Waals surface area contributed by atoms with Gasteiger partial charge in [-0.2, -0.15) is 5.10 Å². The highest BCUT2D eigenvalue weighted by molar-refractivity contribution is 14.0. The van der Waals surface area contributed by atoms with E-state index in [0.29, 0.717) is 19.0 Å². The molecule has 0 radical (unpaired) electrons. The van der Waals surface area contributed by atoms with Crippen LogP contribution in [0, 0.1) is 0 Å². The number of guanidine groups is 1. The third kappa shape index (κ3) is 6.53. The van der Waals surface area contributed by atoms with Crippen molar-refractivity contribution in [1.29, 1.82) is 0 Å². The van der Waals surface area contributed by atoms with Gasteiger partial charge < -0.3 is 15.7 Å². The van der Waals surface area contributed by atoms with Crippen molar-refractivity contribution in [3.63, 3.8) is 0 Å². The van der Waals surface area contributed by atoms with E-state index in [2.05, 4.69) is 25.7 Å². The molecular formula is C21H27IN6O. The average Bonchev–Trinajstić information content (AvgIpc) is 3.26. The van der Waals surface area contributed by atoms with Crippen LogP contribution >= 0.6 is 24.0 Å². The van der Waals surface area contributed by atoms with E-state index in [0.717, 1.165) is 23.5 Å².